The number of aromatic nitrogens is 2. The minimum absolute atomic E-state index is 0.204. The lowest BCUT2D eigenvalue weighted by atomic mass is 10.1. The number of fused-ring (bicyclic) bond motifs is 1. The van der Waals surface area contributed by atoms with Gasteiger partial charge in [-0.2, -0.15) is 5.10 Å². The third kappa shape index (κ3) is 3.66. The first-order valence-corrected chi connectivity index (χ1v) is 11.9. The molecule has 4 rings (SSSR count). The number of amides is 1. The van der Waals surface area contributed by atoms with Crippen molar-refractivity contribution in [3.63, 3.8) is 0 Å². The van der Waals surface area contributed by atoms with Gasteiger partial charge in [0.15, 0.2) is 0 Å². The number of hydrogen-bond acceptors (Lipinski definition) is 7. The predicted molar refractivity (Wildman–Crippen MR) is 117 cm³/mol. The minimum atomic E-state index is -3.64. The van der Waals surface area contributed by atoms with Crippen LogP contribution in [-0.2, 0) is 10.0 Å². The Balaban J connectivity index is 1.51. The van der Waals surface area contributed by atoms with Gasteiger partial charge in [-0.05, 0) is 44.9 Å². The molecule has 10 heteroatoms. The van der Waals surface area contributed by atoms with E-state index in [4.69, 9.17) is 5.73 Å². The van der Waals surface area contributed by atoms with Gasteiger partial charge in [0.05, 0.1) is 16.3 Å². The summed E-state index contributed by atoms with van der Waals surface area (Å²) in [5.41, 5.74) is 9.38. The molecule has 1 unspecified atom stereocenters. The molecular formula is C20H23N5O3S2. The fraction of sp³-hybridized carbons (Fsp3) is 0.350. The van der Waals surface area contributed by atoms with Gasteiger partial charge in [0.25, 0.3) is 5.91 Å². The Morgan fingerprint density at radius 1 is 1.20 bits per heavy atom. The Hall–Kier alpha value is -2.56. The molecule has 3 N–H and O–H groups in total. The van der Waals surface area contributed by atoms with Crippen molar-refractivity contribution < 1.29 is 13.2 Å². The Bertz CT molecular complexity index is 1240. The summed E-state index contributed by atoms with van der Waals surface area (Å²) < 4.78 is 28.0. The van der Waals surface area contributed by atoms with Crippen molar-refractivity contribution in [2.24, 2.45) is 0 Å². The van der Waals surface area contributed by atoms with Gasteiger partial charge >= 0.3 is 0 Å². The Labute approximate surface area is 179 Å². The number of nitrogen functional groups attached to an aromatic ring is 1. The molecule has 1 fully saturated rings. The number of nitrogens with two attached hydrogens (primary N) is 1. The normalized spacial score (nSPS) is 17.0. The highest BCUT2D eigenvalue weighted by Gasteiger charge is 2.32. The number of hydrogen-bond donors (Lipinski definition) is 2. The monoisotopic (exact) mass is 445 g/mol. The van der Waals surface area contributed by atoms with E-state index in [9.17, 15) is 13.2 Å². The van der Waals surface area contributed by atoms with E-state index < -0.39 is 10.0 Å². The highest BCUT2D eigenvalue weighted by molar-refractivity contribution is 7.89. The molecule has 1 amide bonds. The maximum atomic E-state index is 13.1. The molecule has 158 valence electrons. The van der Waals surface area contributed by atoms with Crippen LogP contribution in [0.1, 0.15) is 32.9 Å². The van der Waals surface area contributed by atoms with Crippen LogP contribution >= 0.6 is 11.3 Å². The fourth-order valence-corrected chi connectivity index (χ4v) is 5.92. The van der Waals surface area contributed by atoms with Gasteiger partial charge in [-0.1, -0.05) is 17.7 Å². The van der Waals surface area contributed by atoms with Gasteiger partial charge in [-0.15, -0.1) is 16.4 Å². The number of thiophene rings is 1. The predicted octanol–water partition coefficient (Wildman–Crippen LogP) is 2.39. The van der Waals surface area contributed by atoms with Crippen LogP contribution in [0.25, 0.3) is 10.2 Å². The smallest absolute Gasteiger partial charge is 0.266 e. The number of likely N-dealkylation sites (tertiary alicyclic amines) is 1. The first-order valence-electron chi connectivity index (χ1n) is 9.57. The summed E-state index contributed by atoms with van der Waals surface area (Å²) in [7, 11) is -3.64. The summed E-state index contributed by atoms with van der Waals surface area (Å²) in [5.74, 6) is -0.204. The molecule has 3 aromatic rings. The number of anilines is 1. The number of benzene rings is 1. The van der Waals surface area contributed by atoms with Crippen LogP contribution in [0.5, 0.6) is 0 Å². The number of aryl methyl sites for hydroxylation is 3. The molecule has 3 heterocycles. The number of sulfonamides is 1. The van der Waals surface area contributed by atoms with Gasteiger partial charge in [0, 0.05) is 24.5 Å². The maximum Gasteiger partial charge on any atom is 0.266 e. The Morgan fingerprint density at radius 2 is 1.90 bits per heavy atom. The maximum absolute atomic E-state index is 13.1. The molecule has 0 spiro atoms. The van der Waals surface area contributed by atoms with Crippen LogP contribution in [0.3, 0.4) is 0 Å². The summed E-state index contributed by atoms with van der Waals surface area (Å²) in [4.78, 5) is 16.0. The number of carbonyl (C=O) groups is 1. The summed E-state index contributed by atoms with van der Waals surface area (Å²) in [6.07, 6.45) is 0.541. The second-order valence-corrected chi connectivity index (χ2v) is 10.3. The fourth-order valence-electron chi connectivity index (χ4n) is 3.59. The van der Waals surface area contributed by atoms with Crippen molar-refractivity contribution in [1.29, 1.82) is 0 Å². The number of carbonyl (C=O) groups excluding carboxylic acids is 1. The molecule has 0 radical (unpaired) electrons. The molecule has 0 saturated carbocycles. The van der Waals surface area contributed by atoms with Crippen LogP contribution in [0.4, 0.5) is 5.69 Å². The first-order chi connectivity index (χ1) is 14.2. The van der Waals surface area contributed by atoms with E-state index >= 15 is 0 Å². The van der Waals surface area contributed by atoms with Crippen molar-refractivity contribution in [3.8, 4) is 0 Å². The number of nitrogens with one attached hydrogen (secondary N) is 1. The average Bonchev–Trinajstić information content (AvgIpc) is 3.29. The van der Waals surface area contributed by atoms with Crippen molar-refractivity contribution in [1.82, 2.24) is 19.8 Å². The zero-order valence-corrected chi connectivity index (χ0v) is 18.6. The van der Waals surface area contributed by atoms with Crippen molar-refractivity contribution >= 4 is 43.2 Å². The summed E-state index contributed by atoms with van der Waals surface area (Å²) in [6, 6.07) is 6.34. The molecule has 0 bridgehead atoms. The van der Waals surface area contributed by atoms with E-state index in [1.54, 1.807) is 29.2 Å². The van der Waals surface area contributed by atoms with Gasteiger partial charge in [-0.25, -0.2) is 13.1 Å². The van der Waals surface area contributed by atoms with E-state index in [0.29, 0.717) is 34.9 Å². The van der Waals surface area contributed by atoms with Gasteiger partial charge < -0.3 is 10.6 Å². The van der Waals surface area contributed by atoms with Gasteiger partial charge in [0.1, 0.15) is 9.71 Å². The van der Waals surface area contributed by atoms with Crippen LogP contribution in [0, 0.1) is 20.8 Å². The van der Waals surface area contributed by atoms with E-state index in [2.05, 4.69) is 14.9 Å². The van der Waals surface area contributed by atoms with Gasteiger partial charge in [0.2, 0.25) is 10.0 Å². The summed E-state index contributed by atoms with van der Waals surface area (Å²) >= 11 is 1.23. The van der Waals surface area contributed by atoms with E-state index in [-0.39, 0.29) is 16.8 Å². The van der Waals surface area contributed by atoms with Crippen molar-refractivity contribution in [3.05, 3.63) is 46.0 Å². The third-order valence-corrected chi connectivity index (χ3v) is 8.07. The zero-order chi connectivity index (χ0) is 21.6. The molecule has 1 aliphatic rings. The lowest BCUT2D eigenvalue weighted by Crippen LogP contribution is -2.38. The minimum Gasteiger partial charge on any atom is -0.397 e. The molecule has 1 aromatic carbocycles. The molecule has 0 aliphatic carbocycles. The highest BCUT2D eigenvalue weighted by atomic mass is 32.2. The standard InChI is InChI=1S/C20H23N5O3S2/c1-11-4-6-15(7-5-11)30(27,28)24-14-8-9-25(10-14)20(26)18-17(21)16-12(2)13(3)22-23-19(16)29-18/h4-7,14,24H,8-10,21H2,1-3H3. The van der Waals surface area contributed by atoms with Crippen LogP contribution in [-0.4, -0.2) is 48.6 Å². The molecule has 1 aliphatic heterocycles. The second-order valence-electron chi connectivity index (χ2n) is 7.61. The molecular weight excluding hydrogens is 422 g/mol. The first kappa shape index (κ1) is 20.7. The van der Waals surface area contributed by atoms with Gasteiger partial charge in [-0.3, -0.25) is 4.79 Å². The topological polar surface area (TPSA) is 118 Å². The van der Waals surface area contributed by atoms with Crippen molar-refractivity contribution in [2.75, 3.05) is 18.8 Å². The molecule has 8 nitrogen and oxygen atoms in total. The van der Waals surface area contributed by atoms with E-state index in [1.807, 2.05) is 20.8 Å². The number of nitrogens with zero attached hydrogens (tertiary/aromatic N) is 3. The number of rotatable bonds is 4. The largest absolute Gasteiger partial charge is 0.397 e. The van der Waals surface area contributed by atoms with Crippen LogP contribution in [0.15, 0.2) is 29.2 Å². The van der Waals surface area contributed by atoms with E-state index in [1.165, 1.54) is 11.3 Å². The van der Waals surface area contributed by atoms with E-state index in [0.717, 1.165) is 22.2 Å². The summed E-state index contributed by atoms with van der Waals surface area (Å²) in [5, 5.41) is 9.04. The van der Waals surface area contributed by atoms with Crippen LogP contribution < -0.4 is 10.5 Å². The molecule has 30 heavy (non-hydrogen) atoms. The summed E-state index contributed by atoms with van der Waals surface area (Å²) in [6.45, 7) is 6.41. The quantitative estimate of drug-likeness (QED) is 0.637. The van der Waals surface area contributed by atoms with Crippen molar-refractivity contribution in [2.45, 2.75) is 38.1 Å². The Kier molecular flexibility index (Phi) is 5.25. The average molecular weight is 446 g/mol. The lowest BCUT2D eigenvalue weighted by molar-refractivity contribution is 0.0796. The Morgan fingerprint density at radius 3 is 2.60 bits per heavy atom. The molecule has 1 atom stereocenters. The molecule has 2 aromatic heterocycles. The molecule has 1 saturated heterocycles. The lowest BCUT2D eigenvalue weighted by Gasteiger charge is -2.17. The third-order valence-electron chi connectivity index (χ3n) is 5.46. The highest BCUT2D eigenvalue weighted by Crippen LogP contribution is 2.36. The zero-order valence-electron chi connectivity index (χ0n) is 17.0. The SMILES string of the molecule is Cc1ccc(S(=O)(=O)NC2CCN(C(=O)c3sc4nnc(C)c(C)c4c3N)C2)cc1. The second kappa shape index (κ2) is 7.60. The van der Waals surface area contributed by atoms with Crippen LogP contribution in [0.2, 0.25) is 0 Å².